The highest BCUT2D eigenvalue weighted by Gasteiger charge is 2.34. The van der Waals surface area contributed by atoms with Crippen LogP contribution < -0.4 is 5.43 Å². The minimum absolute atomic E-state index is 0.0150. The first-order valence-electron chi connectivity index (χ1n) is 3.63. The van der Waals surface area contributed by atoms with Crippen LogP contribution in [0.2, 0.25) is 0 Å². The molecule has 0 bridgehead atoms. The molecule has 0 aromatic rings. The monoisotopic (exact) mass is 156 g/mol. The fourth-order valence-corrected chi connectivity index (χ4v) is 1.11. The Morgan fingerprint density at radius 2 is 2.45 bits per heavy atom. The zero-order valence-corrected chi connectivity index (χ0v) is 6.70. The summed E-state index contributed by atoms with van der Waals surface area (Å²) in [6, 6.07) is -0.102. The molecule has 1 aliphatic rings. The van der Waals surface area contributed by atoms with E-state index < -0.39 is 0 Å². The maximum atomic E-state index is 10.8. The standard InChI is InChI=1S/C7H12N2O2/c1-5(4-10)3-6-7(11)8-9(6)2/h4-6H,3H2,1-2H3,(H,8,11). The molecule has 1 fully saturated rings. The Morgan fingerprint density at radius 3 is 2.82 bits per heavy atom. The largest absolute Gasteiger partial charge is 0.303 e. The Balaban J connectivity index is 2.36. The van der Waals surface area contributed by atoms with Crippen LogP contribution in [0.15, 0.2) is 0 Å². The molecule has 11 heavy (non-hydrogen) atoms. The van der Waals surface area contributed by atoms with Crippen molar-refractivity contribution in [3.8, 4) is 0 Å². The second-order valence-corrected chi connectivity index (χ2v) is 2.95. The Labute approximate surface area is 65.5 Å². The summed E-state index contributed by atoms with van der Waals surface area (Å²) in [5.74, 6) is -0.0188. The summed E-state index contributed by atoms with van der Waals surface area (Å²) in [5.41, 5.74) is 2.56. The van der Waals surface area contributed by atoms with Crippen LogP contribution in [0.1, 0.15) is 13.3 Å². The van der Waals surface area contributed by atoms with Crippen molar-refractivity contribution in [3.63, 3.8) is 0 Å². The molecular weight excluding hydrogens is 144 g/mol. The van der Waals surface area contributed by atoms with Gasteiger partial charge >= 0.3 is 0 Å². The molecule has 2 atom stereocenters. The van der Waals surface area contributed by atoms with E-state index in [4.69, 9.17) is 0 Å². The maximum Gasteiger partial charge on any atom is 0.253 e. The average Bonchev–Trinajstić information content (AvgIpc) is 2.00. The second kappa shape index (κ2) is 3.00. The number of nitrogens with one attached hydrogen (secondary N) is 1. The van der Waals surface area contributed by atoms with Gasteiger partial charge in [-0.1, -0.05) is 6.92 Å². The van der Waals surface area contributed by atoms with Gasteiger partial charge in [0.05, 0.1) is 0 Å². The molecule has 0 spiro atoms. The number of nitrogens with zero attached hydrogens (tertiary/aromatic N) is 1. The summed E-state index contributed by atoms with van der Waals surface area (Å²) in [6.07, 6.45) is 1.49. The van der Waals surface area contributed by atoms with E-state index in [2.05, 4.69) is 5.43 Å². The van der Waals surface area contributed by atoms with Gasteiger partial charge in [0.15, 0.2) is 0 Å². The van der Waals surface area contributed by atoms with Crippen LogP contribution in [-0.2, 0) is 9.59 Å². The van der Waals surface area contributed by atoms with Crippen LogP contribution in [-0.4, -0.2) is 30.3 Å². The van der Waals surface area contributed by atoms with E-state index in [9.17, 15) is 9.59 Å². The predicted octanol–water partition coefficient (Wildman–Crippen LogP) is -0.443. The fraction of sp³-hybridized carbons (Fsp3) is 0.714. The zero-order valence-electron chi connectivity index (χ0n) is 6.70. The number of carbonyl (C=O) groups is 2. The van der Waals surface area contributed by atoms with E-state index in [0.29, 0.717) is 6.42 Å². The third-order valence-electron chi connectivity index (χ3n) is 1.88. The second-order valence-electron chi connectivity index (χ2n) is 2.95. The Hall–Kier alpha value is -0.900. The van der Waals surface area contributed by atoms with Gasteiger partial charge in [0.1, 0.15) is 12.3 Å². The van der Waals surface area contributed by atoms with Crippen LogP contribution in [0.3, 0.4) is 0 Å². The van der Waals surface area contributed by atoms with Gasteiger partial charge in [-0.15, -0.1) is 0 Å². The Bertz CT molecular complexity index is 181. The quantitative estimate of drug-likeness (QED) is 0.563. The number of hydrazine groups is 1. The number of aldehydes is 1. The van der Waals surface area contributed by atoms with Crippen LogP contribution in [0.25, 0.3) is 0 Å². The van der Waals surface area contributed by atoms with Gasteiger partial charge in [0.2, 0.25) is 0 Å². The van der Waals surface area contributed by atoms with E-state index in [1.54, 1.807) is 12.1 Å². The molecule has 0 aliphatic carbocycles. The van der Waals surface area contributed by atoms with Crippen molar-refractivity contribution in [2.75, 3.05) is 7.05 Å². The smallest absolute Gasteiger partial charge is 0.253 e. The normalized spacial score (nSPS) is 27.1. The van der Waals surface area contributed by atoms with Crippen molar-refractivity contribution >= 4 is 12.2 Å². The van der Waals surface area contributed by atoms with Crippen LogP contribution in [0, 0.1) is 5.92 Å². The first-order valence-corrected chi connectivity index (χ1v) is 3.63. The molecule has 1 N–H and O–H groups in total. The lowest BCUT2D eigenvalue weighted by Crippen LogP contribution is -2.64. The molecular formula is C7H12N2O2. The number of hydrogen-bond acceptors (Lipinski definition) is 3. The summed E-state index contributed by atoms with van der Waals surface area (Å²) >= 11 is 0. The summed E-state index contributed by atoms with van der Waals surface area (Å²) < 4.78 is 0. The first-order chi connectivity index (χ1) is 5.15. The molecule has 4 heteroatoms. The molecule has 1 saturated heterocycles. The molecule has 2 unspecified atom stereocenters. The minimum atomic E-state index is -0.102. The highest BCUT2D eigenvalue weighted by Crippen LogP contribution is 2.13. The SMILES string of the molecule is CC(C=O)CC1C(=O)NN1C. The number of carbonyl (C=O) groups excluding carboxylic acids is 2. The lowest BCUT2D eigenvalue weighted by molar-refractivity contribution is -0.147. The summed E-state index contributed by atoms with van der Waals surface area (Å²) in [7, 11) is 1.80. The van der Waals surface area contributed by atoms with E-state index in [0.717, 1.165) is 6.29 Å². The first kappa shape index (κ1) is 8.20. The van der Waals surface area contributed by atoms with Gasteiger partial charge in [-0.2, -0.15) is 0 Å². The Kier molecular flexibility index (Phi) is 2.24. The highest BCUT2D eigenvalue weighted by molar-refractivity contribution is 5.86. The Morgan fingerprint density at radius 1 is 1.82 bits per heavy atom. The molecule has 4 nitrogen and oxygen atoms in total. The summed E-state index contributed by atoms with van der Waals surface area (Å²) in [4.78, 5) is 21.1. The molecule has 0 aromatic heterocycles. The summed E-state index contributed by atoms with van der Waals surface area (Å²) in [5, 5.41) is 1.72. The van der Waals surface area contributed by atoms with Crippen molar-refractivity contribution in [1.82, 2.24) is 10.4 Å². The van der Waals surface area contributed by atoms with Crippen molar-refractivity contribution < 1.29 is 9.59 Å². The molecule has 1 rings (SSSR count). The summed E-state index contributed by atoms with van der Waals surface area (Å²) in [6.45, 7) is 1.81. The topological polar surface area (TPSA) is 49.4 Å². The molecule has 1 heterocycles. The minimum Gasteiger partial charge on any atom is -0.303 e. The third-order valence-corrected chi connectivity index (χ3v) is 1.88. The van der Waals surface area contributed by atoms with Crippen LogP contribution in [0.5, 0.6) is 0 Å². The van der Waals surface area contributed by atoms with E-state index in [1.807, 2.05) is 6.92 Å². The van der Waals surface area contributed by atoms with Gasteiger partial charge in [-0.3, -0.25) is 10.2 Å². The van der Waals surface area contributed by atoms with Crippen molar-refractivity contribution in [1.29, 1.82) is 0 Å². The van der Waals surface area contributed by atoms with Gasteiger partial charge in [0, 0.05) is 13.0 Å². The van der Waals surface area contributed by atoms with Crippen molar-refractivity contribution in [2.45, 2.75) is 19.4 Å². The van der Waals surface area contributed by atoms with E-state index in [1.165, 1.54) is 0 Å². The number of rotatable bonds is 3. The van der Waals surface area contributed by atoms with Crippen LogP contribution >= 0.6 is 0 Å². The molecule has 0 aromatic carbocycles. The van der Waals surface area contributed by atoms with E-state index in [-0.39, 0.29) is 17.9 Å². The zero-order chi connectivity index (χ0) is 8.43. The van der Waals surface area contributed by atoms with Crippen molar-refractivity contribution in [3.05, 3.63) is 0 Å². The predicted molar refractivity (Wildman–Crippen MR) is 39.5 cm³/mol. The average molecular weight is 156 g/mol. The van der Waals surface area contributed by atoms with Gasteiger partial charge < -0.3 is 4.79 Å². The molecule has 1 amide bonds. The van der Waals surface area contributed by atoms with Crippen LogP contribution in [0.4, 0.5) is 0 Å². The maximum absolute atomic E-state index is 10.8. The molecule has 1 aliphatic heterocycles. The van der Waals surface area contributed by atoms with Gasteiger partial charge in [0.25, 0.3) is 5.91 Å². The lowest BCUT2D eigenvalue weighted by atomic mass is 10.0. The third kappa shape index (κ3) is 1.57. The lowest BCUT2D eigenvalue weighted by Gasteiger charge is -2.37. The number of amides is 1. The molecule has 62 valence electrons. The number of hydrogen-bond donors (Lipinski definition) is 1. The molecule has 0 saturated carbocycles. The fourth-order valence-electron chi connectivity index (χ4n) is 1.11. The highest BCUT2D eigenvalue weighted by atomic mass is 16.2. The molecule has 0 radical (unpaired) electrons. The van der Waals surface area contributed by atoms with Crippen molar-refractivity contribution in [2.24, 2.45) is 5.92 Å². The van der Waals surface area contributed by atoms with Gasteiger partial charge in [-0.05, 0) is 6.42 Å². The number of likely N-dealkylation sites (N-methyl/N-ethyl adjacent to an activating group) is 1. The van der Waals surface area contributed by atoms with Gasteiger partial charge in [-0.25, -0.2) is 5.01 Å². The van der Waals surface area contributed by atoms with E-state index >= 15 is 0 Å².